The third-order valence-electron chi connectivity index (χ3n) is 2.33. The summed E-state index contributed by atoms with van der Waals surface area (Å²) in [6.07, 6.45) is 3.06. The molecule has 1 rings (SSSR count). The quantitative estimate of drug-likeness (QED) is 0.790. The first-order valence-corrected chi connectivity index (χ1v) is 5.62. The van der Waals surface area contributed by atoms with E-state index in [0.717, 1.165) is 25.0 Å². The van der Waals surface area contributed by atoms with Crippen molar-refractivity contribution in [1.29, 1.82) is 0 Å². The molecule has 2 nitrogen and oxygen atoms in total. The second-order valence-electron chi connectivity index (χ2n) is 3.88. The Labute approximate surface area is 83.6 Å². The predicted octanol–water partition coefficient (Wildman–Crippen LogP) is 2.48. The van der Waals surface area contributed by atoms with Crippen LogP contribution in [0.3, 0.4) is 0 Å². The first-order chi connectivity index (χ1) is 6.20. The van der Waals surface area contributed by atoms with E-state index in [1.165, 1.54) is 0 Å². The van der Waals surface area contributed by atoms with Crippen LogP contribution in [0.25, 0.3) is 0 Å². The zero-order valence-corrected chi connectivity index (χ0v) is 9.10. The molecule has 1 aromatic heterocycles. The van der Waals surface area contributed by atoms with Crippen molar-refractivity contribution in [1.82, 2.24) is 4.98 Å². The van der Waals surface area contributed by atoms with Crippen LogP contribution in [-0.4, -0.2) is 16.7 Å². The molecule has 0 aromatic carbocycles. The molecule has 0 spiro atoms. The Balaban J connectivity index is 2.58. The van der Waals surface area contributed by atoms with Gasteiger partial charge in [0.15, 0.2) is 0 Å². The van der Waals surface area contributed by atoms with Gasteiger partial charge in [0.1, 0.15) is 0 Å². The van der Waals surface area contributed by atoms with Crippen molar-refractivity contribution in [3.8, 4) is 0 Å². The number of aliphatic hydroxyl groups excluding tert-OH is 1. The van der Waals surface area contributed by atoms with Crippen molar-refractivity contribution in [3.05, 3.63) is 16.6 Å². The molecule has 1 N–H and O–H groups in total. The van der Waals surface area contributed by atoms with Crippen molar-refractivity contribution in [3.63, 3.8) is 0 Å². The number of nitrogens with zero attached hydrogens (tertiary/aromatic N) is 1. The van der Waals surface area contributed by atoms with Gasteiger partial charge in [0.05, 0.1) is 11.2 Å². The SMILES string of the molecule is CCCC(C)(CO)Cc1cscn1. The number of hydrogen-bond acceptors (Lipinski definition) is 3. The summed E-state index contributed by atoms with van der Waals surface area (Å²) in [5.74, 6) is 0. The lowest BCUT2D eigenvalue weighted by Crippen LogP contribution is -2.24. The molecule has 0 radical (unpaired) electrons. The van der Waals surface area contributed by atoms with Gasteiger partial charge >= 0.3 is 0 Å². The molecule has 0 aliphatic carbocycles. The normalized spacial score (nSPS) is 15.6. The van der Waals surface area contributed by atoms with Gasteiger partial charge in [0.25, 0.3) is 0 Å². The van der Waals surface area contributed by atoms with E-state index >= 15 is 0 Å². The van der Waals surface area contributed by atoms with E-state index in [2.05, 4.69) is 24.2 Å². The third-order valence-corrected chi connectivity index (χ3v) is 2.96. The molecule has 13 heavy (non-hydrogen) atoms. The molecule has 1 heterocycles. The van der Waals surface area contributed by atoms with Gasteiger partial charge in [-0.15, -0.1) is 11.3 Å². The highest BCUT2D eigenvalue weighted by molar-refractivity contribution is 7.07. The molecule has 0 amide bonds. The van der Waals surface area contributed by atoms with E-state index in [4.69, 9.17) is 0 Å². The van der Waals surface area contributed by atoms with Crippen molar-refractivity contribution in [2.75, 3.05) is 6.61 Å². The van der Waals surface area contributed by atoms with Gasteiger partial charge in [0, 0.05) is 12.0 Å². The Morgan fingerprint density at radius 1 is 1.62 bits per heavy atom. The van der Waals surface area contributed by atoms with Crippen LogP contribution in [0.2, 0.25) is 0 Å². The lowest BCUT2D eigenvalue weighted by molar-refractivity contribution is 0.130. The van der Waals surface area contributed by atoms with E-state index < -0.39 is 0 Å². The Kier molecular flexibility index (Phi) is 3.88. The number of aromatic nitrogens is 1. The zero-order chi connectivity index (χ0) is 9.73. The molecule has 0 saturated carbocycles. The second kappa shape index (κ2) is 4.72. The van der Waals surface area contributed by atoms with Gasteiger partial charge in [-0.05, 0) is 18.3 Å². The molecule has 0 saturated heterocycles. The number of rotatable bonds is 5. The van der Waals surface area contributed by atoms with Gasteiger partial charge < -0.3 is 5.11 Å². The average Bonchev–Trinajstić information content (AvgIpc) is 2.57. The summed E-state index contributed by atoms with van der Waals surface area (Å²) in [6.45, 7) is 4.52. The Morgan fingerprint density at radius 2 is 2.38 bits per heavy atom. The maximum atomic E-state index is 9.29. The van der Waals surface area contributed by atoms with Crippen LogP contribution in [-0.2, 0) is 6.42 Å². The van der Waals surface area contributed by atoms with Crippen LogP contribution < -0.4 is 0 Å². The molecule has 0 bridgehead atoms. The fourth-order valence-electron chi connectivity index (χ4n) is 1.59. The van der Waals surface area contributed by atoms with Crippen LogP contribution in [0.1, 0.15) is 32.4 Å². The van der Waals surface area contributed by atoms with Crippen molar-refractivity contribution in [2.45, 2.75) is 33.1 Å². The van der Waals surface area contributed by atoms with Gasteiger partial charge in [-0.1, -0.05) is 20.3 Å². The number of thiazole rings is 1. The van der Waals surface area contributed by atoms with E-state index in [1.807, 2.05) is 5.51 Å². The standard InChI is InChI=1S/C10H17NOS/c1-3-4-10(2,7-12)5-9-6-13-8-11-9/h6,8,12H,3-5,7H2,1-2H3. The summed E-state index contributed by atoms with van der Waals surface area (Å²) in [6, 6.07) is 0. The van der Waals surface area contributed by atoms with Gasteiger partial charge in [-0.2, -0.15) is 0 Å². The molecule has 1 unspecified atom stereocenters. The van der Waals surface area contributed by atoms with Gasteiger partial charge in [0.2, 0.25) is 0 Å². The summed E-state index contributed by atoms with van der Waals surface area (Å²) in [4.78, 5) is 4.24. The molecular formula is C10H17NOS. The first kappa shape index (κ1) is 10.7. The summed E-state index contributed by atoms with van der Waals surface area (Å²) < 4.78 is 0. The van der Waals surface area contributed by atoms with E-state index in [0.29, 0.717) is 0 Å². The van der Waals surface area contributed by atoms with Crippen LogP contribution in [0.5, 0.6) is 0 Å². The molecule has 1 atom stereocenters. The molecule has 0 aliphatic heterocycles. The van der Waals surface area contributed by atoms with Crippen LogP contribution >= 0.6 is 11.3 Å². The Morgan fingerprint density at radius 3 is 2.85 bits per heavy atom. The van der Waals surface area contributed by atoms with E-state index in [9.17, 15) is 5.11 Å². The Bertz CT molecular complexity index is 235. The monoisotopic (exact) mass is 199 g/mol. The maximum Gasteiger partial charge on any atom is 0.0794 e. The Hall–Kier alpha value is -0.410. The largest absolute Gasteiger partial charge is 0.396 e. The van der Waals surface area contributed by atoms with Crippen LogP contribution in [0.15, 0.2) is 10.9 Å². The smallest absolute Gasteiger partial charge is 0.0794 e. The second-order valence-corrected chi connectivity index (χ2v) is 4.59. The fraction of sp³-hybridized carbons (Fsp3) is 0.700. The first-order valence-electron chi connectivity index (χ1n) is 4.68. The zero-order valence-electron chi connectivity index (χ0n) is 8.29. The third kappa shape index (κ3) is 3.08. The van der Waals surface area contributed by atoms with Gasteiger partial charge in [-0.25, -0.2) is 4.98 Å². The summed E-state index contributed by atoms with van der Waals surface area (Å²) in [5.41, 5.74) is 2.97. The minimum atomic E-state index is 0.0167. The van der Waals surface area contributed by atoms with Gasteiger partial charge in [-0.3, -0.25) is 0 Å². The number of aliphatic hydroxyl groups is 1. The summed E-state index contributed by atoms with van der Waals surface area (Å²) in [7, 11) is 0. The highest BCUT2D eigenvalue weighted by Gasteiger charge is 2.23. The van der Waals surface area contributed by atoms with E-state index in [-0.39, 0.29) is 12.0 Å². The topological polar surface area (TPSA) is 33.1 Å². The van der Waals surface area contributed by atoms with Crippen molar-refractivity contribution in [2.24, 2.45) is 5.41 Å². The molecule has 0 fully saturated rings. The predicted molar refractivity (Wildman–Crippen MR) is 55.9 cm³/mol. The lowest BCUT2D eigenvalue weighted by atomic mass is 9.82. The van der Waals surface area contributed by atoms with Crippen molar-refractivity contribution >= 4 is 11.3 Å². The molecule has 1 aromatic rings. The average molecular weight is 199 g/mol. The maximum absolute atomic E-state index is 9.29. The molecular weight excluding hydrogens is 182 g/mol. The number of hydrogen-bond donors (Lipinski definition) is 1. The molecule has 74 valence electrons. The summed E-state index contributed by atoms with van der Waals surface area (Å²) in [5, 5.41) is 11.3. The highest BCUT2D eigenvalue weighted by Crippen LogP contribution is 2.27. The van der Waals surface area contributed by atoms with Crippen molar-refractivity contribution < 1.29 is 5.11 Å². The molecule has 0 aliphatic rings. The lowest BCUT2D eigenvalue weighted by Gasteiger charge is -2.25. The van der Waals surface area contributed by atoms with E-state index in [1.54, 1.807) is 11.3 Å². The highest BCUT2D eigenvalue weighted by atomic mass is 32.1. The summed E-state index contributed by atoms with van der Waals surface area (Å²) >= 11 is 1.62. The van der Waals surface area contributed by atoms with Crippen LogP contribution in [0, 0.1) is 5.41 Å². The molecule has 3 heteroatoms. The fourth-order valence-corrected chi connectivity index (χ4v) is 2.15. The minimum Gasteiger partial charge on any atom is -0.396 e. The van der Waals surface area contributed by atoms with Crippen LogP contribution in [0.4, 0.5) is 0 Å². The minimum absolute atomic E-state index is 0.0167.